The van der Waals surface area contributed by atoms with Crippen LogP contribution in [0.4, 0.5) is 0 Å². The number of methoxy groups -OCH3 is 1. The molecule has 3 saturated carbocycles. The fourth-order valence-corrected chi connectivity index (χ4v) is 7.94. The van der Waals surface area contributed by atoms with Crippen molar-refractivity contribution < 1.29 is 33.7 Å². The van der Waals surface area contributed by atoms with Crippen molar-refractivity contribution in [2.45, 2.75) is 64.3 Å². The van der Waals surface area contributed by atoms with E-state index in [-0.39, 0.29) is 17.3 Å². The van der Waals surface area contributed by atoms with Gasteiger partial charge in [-0.25, -0.2) is 0 Å². The van der Waals surface area contributed by atoms with Gasteiger partial charge in [0.05, 0.1) is 19.1 Å². The Morgan fingerprint density at radius 3 is 2.69 bits per heavy atom. The van der Waals surface area contributed by atoms with Crippen LogP contribution in [0.3, 0.4) is 0 Å². The second-order valence-electron chi connectivity index (χ2n) is 10.3. The van der Waals surface area contributed by atoms with E-state index >= 15 is 0 Å². The number of hydrogen-bond donors (Lipinski definition) is 1. The Hall–Kier alpha value is -1.89. The maximum absolute atomic E-state index is 13.2. The third-order valence-corrected chi connectivity index (χ3v) is 9.02. The van der Waals surface area contributed by atoms with Gasteiger partial charge in [0.2, 0.25) is 0 Å². The highest BCUT2D eigenvalue weighted by Gasteiger charge is 2.84. The van der Waals surface area contributed by atoms with E-state index < -0.39 is 52.4 Å². The van der Waals surface area contributed by atoms with Gasteiger partial charge in [-0.15, -0.1) is 0 Å². The Morgan fingerprint density at radius 1 is 1.31 bits per heavy atom. The summed E-state index contributed by atoms with van der Waals surface area (Å²) >= 11 is 0. The predicted molar refractivity (Wildman–Crippen MR) is 99.1 cm³/mol. The van der Waals surface area contributed by atoms with Gasteiger partial charge in [0, 0.05) is 18.8 Å². The van der Waals surface area contributed by atoms with Crippen molar-refractivity contribution in [2.24, 2.45) is 34.0 Å². The van der Waals surface area contributed by atoms with Crippen LogP contribution in [0.15, 0.2) is 12.2 Å². The molecule has 29 heavy (non-hydrogen) atoms. The molecule has 1 spiro atoms. The molecule has 0 amide bonds. The Kier molecular flexibility index (Phi) is 3.57. The summed E-state index contributed by atoms with van der Waals surface area (Å²) in [6.45, 7) is 5.14. The number of rotatable bonds is 2. The maximum atomic E-state index is 13.2. The van der Waals surface area contributed by atoms with Crippen LogP contribution in [-0.2, 0) is 28.6 Å². The zero-order valence-electron chi connectivity index (χ0n) is 17.3. The van der Waals surface area contributed by atoms with Crippen molar-refractivity contribution in [3.8, 4) is 0 Å². The number of carbonyl (C=O) groups is 3. The summed E-state index contributed by atoms with van der Waals surface area (Å²) in [6, 6.07) is 0. The molecule has 0 unspecified atom stereocenters. The van der Waals surface area contributed by atoms with E-state index in [1.54, 1.807) is 13.0 Å². The summed E-state index contributed by atoms with van der Waals surface area (Å²) < 4.78 is 16.9. The summed E-state index contributed by atoms with van der Waals surface area (Å²) in [4.78, 5) is 38.1. The first kappa shape index (κ1) is 19.1. The van der Waals surface area contributed by atoms with E-state index in [1.165, 1.54) is 14.0 Å². The molecule has 7 heteroatoms. The first-order valence-electron chi connectivity index (χ1n) is 10.4. The Morgan fingerprint density at radius 2 is 2.03 bits per heavy atom. The van der Waals surface area contributed by atoms with Crippen molar-refractivity contribution in [3.05, 3.63) is 12.2 Å². The molecule has 0 aromatic carbocycles. The van der Waals surface area contributed by atoms with Crippen LogP contribution in [-0.4, -0.2) is 47.9 Å². The zero-order chi connectivity index (χ0) is 21.0. The number of ether oxygens (including phenoxy) is 3. The van der Waals surface area contributed by atoms with Gasteiger partial charge in [-0.1, -0.05) is 6.92 Å². The highest BCUT2D eigenvalue weighted by Crippen LogP contribution is 2.78. The third-order valence-electron chi connectivity index (χ3n) is 9.02. The average molecular weight is 404 g/mol. The minimum absolute atomic E-state index is 0.0744. The fraction of sp³-hybridized carbons (Fsp3) is 0.773. The summed E-state index contributed by atoms with van der Waals surface area (Å²) in [5.74, 6) is -2.47. The molecule has 1 heterocycles. The van der Waals surface area contributed by atoms with E-state index in [9.17, 15) is 19.5 Å². The molecule has 0 radical (unpaired) electrons. The second kappa shape index (κ2) is 5.42. The minimum Gasteiger partial charge on any atom is -0.469 e. The summed E-state index contributed by atoms with van der Waals surface area (Å²) in [5.41, 5.74) is -2.85. The fourth-order valence-electron chi connectivity index (χ4n) is 7.94. The molecule has 5 rings (SSSR count). The topological polar surface area (TPSA) is 99.1 Å². The van der Waals surface area contributed by atoms with E-state index in [2.05, 4.69) is 6.92 Å². The van der Waals surface area contributed by atoms with Gasteiger partial charge in [-0.2, -0.15) is 0 Å². The van der Waals surface area contributed by atoms with Gasteiger partial charge >= 0.3 is 17.9 Å². The second-order valence-corrected chi connectivity index (χ2v) is 10.3. The summed E-state index contributed by atoms with van der Waals surface area (Å²) in [5, 5.41) is 10.9. The van der Waals surface area contributed by atoms with Crippen molar-refractivity contribution in [2.75, 3.05) is 7.11 Å². The molecule has 1 N–H and O–H groups in total. The summed E-state index contributed by atoms with van der Waals surface area (Å²) in [6.07, 6.45) is 5.09. The van der Waals surface area contributed by atoms with E-state index in [1.807, 2.05) is 6.08 Å². The van der Waals surface area contributed by atoms with Gasteiger partial charge in [0.1, 0.15) is 17.1 Å². The monoisotopic (exact) mass is 404 g/mol. The molecule has 5 aliphatic rings. The third kappa shape index (κ3) is 1.96. The summed E-state index contributed by atoms with van der Waals surface area (Å²) in [7, 11) is 1.36. The maximum Gasteiger partial charge on any atom is 0.317 e. The quantitative estimate of drug-likeness (QED) is 0.425. The SMILES string of the molecule is COC(=O)[C@H]1[C@H]2[C@@]3(C=C[C@H](OC(C)=O)[C@@]2(C)C(=O)O3)[C@@H]2CC[C@@]3(C)C[C@]21C[C@H]3O. The molecule has 9 atom stereocenters. The van der Waals surface area contributed by atoms with Gasteiger partial charge in [-0.3, -0.25) is 14.4 Å². The highest BCUT2D eigenvalue weighted by atomic mass is 16.6. The first-order chi connectivity index (χ1) is 13.5. The molecule has 1 aliphatic heterocycles. The molecule has 1 saturated heterocycles. The van der Waals surface area contributed by atoms with E-state index in [0.717, 1.165) is 12.8 Å². The molecule has 0 aromatic rings. The Labute approximate surface area is 169 Å². The standard InChI is InChI=1S/C22H28O7/c1-11(23)28-14-6-8-22-12-5-7-19(2)10-21(12,9-13(19)24)15(17(25)27-4)16(22)20(14,3)18(26)29-22/h6,8,12-16,24H,5,7,9-10H2,1-4H3/t12-,13-,14+,15-,16-,19+,20-,21-,22-/m1/s1. The van der Waals surface area contributed by atoms with Crippen LogP contribution in [0.2, 0.25) is 0 Å². The van der Waals surface area contributed by atoms with E-state index in [0.29, 0.717) is 12.8 Å². The van der Waals surface area contributed by atoms with Crippen LogP contribution >= 0.6 is 0 Å². The molecule has 4 bridgehead atoms. The number of aliphatic hydroxyl groups excluding tert-OH is 1. The van der Waals surface area contributed by atoms with Crippen molar-refractivity contribution >= 4 is 17.9 Å². The largest absolute Gasteiger partial charge is 0.469 e. The smallest absolute Gasteiger partial charge is 0.317 e. The van der Waals surface area contributed by atoms with Crippen molar-refractivity contribution in [3.63, 3.8) is 0 Å². The van der Waals surface area contributed by atoms with Crippen LogP contribution < -0.4 is 0 Å². The number of aliphatic hydroxyl groups is 1. The lowest BCUT2D eigenvalue weighted by Gasteiger charge is -2.45. The Balaban J connectivity index is 1.72. The van der Waals surface area contributed by atoms with Gasteiger partial charge in [-0.05, 0) is 55.6 Å². The van der Waals surface area contributed by atoms with E-state index in [4.69, 9.17) is 14.2 Å². The number of carbonyl (C=O) groups excluding carboxylic acids is 3. The van der Waals surface area contributed by atoms with Crippen LogP contribution in [0, 0.1) is 34.0 Å². The number of hydrogen-bond acceptors (Lipinski definition) is 7. The lowest BCUT2D eigenvalue weighted by molar-refractivity contribution is -0.167. The zero-order valence-corrected chi connectivity index (χ0v) is 17.3. The molecule has 0 aromatic heterocycles. The lowest BCUT2D eigenvalue weighted by Crippen LogP contribution is -2.52. The molecule has 158 valence electrons. The van der Waals surface area contributed by atoms with Gasteiger partial charge in [0.15, 0.2) is 0 Å². The number of fused-ring (bicyclic) bond motifs is 1. The van der Waals surface area contributed by atoms with Crippen LogP contribution in [0.25, 0.3) is 0 Å². The first-order valence-corrected chi connectivity index (χ1v) is 10.4. The predicted octanol–water partition coefficient (Wildman–Crippen LogP) is 1.77. The van der Waals surface area contributed by atoms with Crippen LogP contribution in [0.1, 0.15) is 46.5 Å². The van der Waals surface area contributed by atoms with Crippen molar-refractivity contribution in [1.82, 2.24) is 0 Å². The lowest BCUT2D eigenvalue weighted by atomic mass is 9.60. The molecule has 4 fully saturated rings. The minimum atomic E-state index is -1.17. The molecular weight excluding hydrogens is 376 g/mol. The molecule has 4 aliphatic carbocycles. The molecular formula is C22H28O7. The van der Waals surface area contributed by atoms with Gasteiger partial charge in [0.25, 0.3) is 0 Å². The highest BCUT2D eigenvalue weighted by molar-refractivity contribution is 5.87. The van der Waals surface area contributed by atoms with Crippen molar-refractivity contribution in [1.29, 1.82) is 0 Å². The van der Waals surface area contributed by atoms with Gasteiger partial charge < -0.3 is 19.3 Å². The molecule has 7 nitrogen and oxygen atoms in total. The van der Waals surface area contributed by atoms with Crippen LogP contribution in [0.5, 0.6) is 0 Å². The number of esters is 3. The average Bonchev–Trinajstić information content (AvgIpc) is 3.07. The Bertz CT molecular complexity index is 850. The normalized spacial score (nSPS) is 53.8.